The van der Waals surface area contributed by atoms with Crippen LogP contribution in [0.5, 0.6) is 0 Å². The number of urea groups is 1. The Morgan fingerprint density at radius 3 is 2.12 bits per heavy atom. The summed E-state index contributed by atoms with van der Waals surface area (Å²) in [6, 6.07) is 13.3. The average molecular weight is 366 g/mol. The van der Waals surface area contributed by atoms with Crippen molar-refractivity contribution in [1.82, 2.24) is 5.32 Å². The molecule has 0 saturated carbocycles. The Morgan fingerprint density at radius 1 is 1.00 bits per heavy atom. The molecule has 0 bridgehead atoms. The summed E-state index contributed by atoms with van der Waals surface area (Å²) in [7, 11) is 1.58. The molecular weight excluding hydrogens is 345 g/mol. The average Bonchev–Trinajstić information content (AvgIpc) is 2.63. The van der Waals surface area contributed by atoms with Gasteiger partial charge in [-0.3, -0.25) is 0 Å². The van der Waals surface area contributed by atoms with Gasteiger partial charge in [0.05, 0.1) is 12.1 Å². The van der Waals surface area contributed by atoms with E-state index in [9.17, 15) is 18.0 Å². The van der Waals surface area contributed by atoms with Crippen LogP contribution in [0.4, 0.5) is 23.7 Å². The molecular formula is C19H21F3N2O2. The van der Waals surface area contributed by atoms with Crippen molar-refractivity contribution in [3.8, 4) is 0 Å². The second-order valence-corrected chi connectivity index (χ2v) is 5.80. The van der Waals surface area contributed by atoms with Crippen LogP contribution in [0.15, 0.2) is 54.6 Å². The van der Waals surface area contributed by atoms with Gasteiger partial charge in [-0.1, -0.05) is 37.3 Å². The molecule has 0 heterocycles. The molecule has 0 fully saturated rings. The van der Waals surface area contributed by atoms with Gasteiger partial charge in [0.1, 0.15) is 5.60 Å². The molecule has 0 spiro atoms. The summed E-state index contributed by atoms with van der Waals surface area (Å²) < 4.78 is 43.3. The standard InChI is InChI=1S/C19H21F3N2O2/c1-3-18(26-2,14-7-5-4-6-8-14)13-23-17(25)24-16-11-9-15(10-12-16)19(20,21)22/h4-12H,3,13H2,1-2H3,(H2,23,24,25). The Balaban J connectivity index is 2.00. The minimum Gasteiger partial charge on any atom is -0.372 e. The van der Waals surface area contributed by atoms with Gasteiger partial charge < -0.3 is 15.4 Å². The van der Waals surface area contributed by atoms with E-state index in [2.05, 4.69) is 10.6 Å². The molecule has 0 radical (unpaired) electrons. The summed E-state index contributed by atoms with van der Waals surface area (Å²) in [5, 5.41) is 5.24. The lowest BCUT2D eigenvalue weighted by molar-refractivity contribution is -0.137. The van der Waals surface area contributed by atoms with E-state index in [1.807, 2.05) is 37.3 Å². The third-order valence-corrected chi connectivity index (χ3v) is 4.27. The Labute approximate surface area is 150 Å². The lowest BCUT2D eigenvalue weighted by Gasteiger charge is -2.32. The summed E-state index contributed by atoms with van der Waals surface area (Å²) in [6.07, 6.45) is -3.77. The molecule has 2 aromatic rings. The van der Waals surface area contributed by atoms with Gasteiger partial charge in [0.2, 0.25) is 0 Å². The highest BCUT2D eigenvalue weighted by atomic mass is 19.4. The smallest absolute Gasteiger partial charge is 0.372 e. The van der Waals surface area contributed by atoms with Crippen LogP contribution < -0.4 is 10.6 Å². The number of alkyl halides is 3. The van der Waals surface area contributed by atoms with Gasteiger partial charge in [0.15, 0.2) is 0 Å². The molecule has 140 valence electrons. The van der Waals surface area contributed by atoms with Crippen molar-refractivity contribution < 1.29 is 22.7 Å². The van der Waals surface area contributed by atoms with Gasteiger partial charge >= 0.3 is 12.2 Å². The van der Waals surface area contributed by atoms with Crippen LogP contribution in [0.3, 0.4) is 0 Å². The molecule has 0 aliphatic carbocycles. The van der Waals surface area contributed by atoms with E-state index in [4.69, 9.17) is 4.74 Å². The predicted octanol–water partition coefficient (Wildman–Crippen LogP) is 4.78. The minimum atomic E-state index is -4.41. The number of methoxy groups -OCH3 is 1. The Hall–Kier alpha value is -2.54. The zero-order chi connectivity index (χ0) is 19.2. The van der Waals surface area contributed by atoms with Gasteiger partial charge in [0.25, 0.3) is 0 Å². The first kappa shape index (κ1) is 19.8. The largest absolute Gasteiger partial charge is 0.416 e. The molecule has 0 aromatic heterocycles. The van der Waals surface area contributed by atoms with E-state index in [0.29, 0.717) is 6.42 Å². The Bertz CT molecular complexity index is 712. The highest BCUT2D eigenvalue weighted by molar-refractivity contribution is 5.89. The van der Waals surface area contributed by atoms with Crippen molar-refractivity contribution in [2.24, 2.45) is 0 Å². The first-order chi connectivity index (χ1) is 12.3. The Morgan fingerprint density at radius 2 is 1.62 bits per heavy atom. The number of rotatable bonds is 6. The van der Waals surface area contributed by atoms with E-state index >= 15 is 0 Å². The zero-order valence-corrected chi connectivity index (χ0v) is 14.6. The van der Waals surface area contributed by atoms with Crippen molar-refractivity contribution in [1.29, 1.82) is 0 Å². The summed E-state index contributed by atoms with van der Waals surface area (Å²) in [5.41, 5.74) is -0.245. The molecule has 1 atom stereocenters. The fraction of sp³-hybridized carbons (Fsp3) is 0.316. The van der Waals surface area contributed by atoms with Crippen LogP contribution in [-0.4, -0.2) is 19.7 Å². The van der Waals surface area contributed by atoms with Crippen LogP contribution in [0.1, 0.15) is 24.5 Å². The topological polar surface area (TPSA) is 50.4 Å². The first-order valence-corrected chi connectivity index (χ1v) is 8.13. The van der Waals surface area contributed by atoms with Crippen molar-refractivity contribution >= 4 is 11.7 Å². The third kappa shape index (κ3) is 4.76. The monoisotopic (exact) mass is 366 g/mol. The second-order valence-electron chi connectivity index (χ2n) is 5.80. The van der Waals surface area contributed by atoms with Crippen LogP contribution in [0, 0.1) is 0 Å². The summed E-state index contributed by atoms with van der Waals surface area (Å²) in [5.74, 6) is 0. The number of nitrogens with one attached hydrogen (secondary N) is 2. The summed E-state index contributed by atoms with van der Waals surface area (Å²) in [4.78, 5) is 12.1. The van der Waals surface area contributed by atoms with Crippen LogP contribution in [0.2, 0.25) is 0 Å². The maximum atomic E-state index is 12.6. The number of hydrogen-bond acceptors (Lipinski definition) is 2. The quantitative estimate of drug-likeness (QED) is 0.773. The maximum Gasteiger partial charge on any atom is 0.416 e. The molecule has 2 rings (SSSR count). The molecule has 0 saturated heterocycles. The third-order valence-electron chi connectivity index (χ3n) is 4.27. The number of anilines is 1. The normalized spacial score (nSPS) is 13.7. The maximum absolute atomic E-state index is 12.6. The fourth-order valence-electron chi connectivity index (χ4n) is 2.65. The SMILES string of the molecule is CCC(CNC(=O)Nc1ccc(C(F)(F)F)cc1)(OC)c1ccccc1. The van der Waals surface area contributed by atoms with Crippen molar-refractivity contribution in [3.63, 3.8) is 0 Å². The van der Waals surface area contributed by atoms with Gasteiger partial charge in [-0.05, 0) is 36.2 Å². The fourth-order valence-corrected chi connectivity index (χ4v) is 2.65. The number of hydrogen-bond donors (Lipinski definition) is 2. The van der Waals surface area contributed by atoms with E-state index in [1.165, 1.54) is 12.1 Å². The molecule has 0 aliphatic rings. The summed E-state index contributed by atoms with van der Waals surface area (Å²) in [6.45, 7) is 2.17. The molecule has 2 N–H and O–H groups in total. The number of carbonyl (C=O) groups excluding carboxylic acids is 1. The molecule has 0 aliphatic heterocycles. The van der Waals surface area contributed by atoms with Crippen LogP contribution in [0.25, 0.3) is 0 Å². The van der Waals surface area contributed by atoms with E-state index in [0.717, 1.165) is 17.7 Å². The van der Waals surface area contributed by atoms with Crippen LogP contribution in [-0.2, 0) is 16.5 Å². The molecule has 4 nitrogen and oxygen atoms in total. The van der Waals surface area contributed by atoms with Crippen molar-refractivity contribution in [2.45, 2.75) is 25.1 Å². The summed E-state index contributed by atoms with van der Waals surface area (Å²) >= 11 is 0. The molecule has 7 heteroatoms. The molecule has 1 unspecified atom stereocenters. The van der Waals surface area contributed by atoms with E-state index < -0.39 is 23.4 Å². The van der Waals surface area contributed by atoms with E-state index in [-0.39, 0.29) is 12.2 Å². The molecule has 26 heavy (non-hydrogen) atoms. The van der Waals surface area contributed by atoms with Crippen molar-refractivity contribution in [2.75, 3.05) is 19.0 Å². The molecule has 2 amide bonds. The van der Waals surface area contributed by atoms with Gasteiger partial charge in [-0.15, -0.1) is 0 Å². The van der Waals surface area contributed by atoms with Gasteiger partial charge in [-0.2, -0.15) is 13.2 Å². The predicted molar refractivity (Wildman–Crippen MR) is 93.9 cm³/mol. The lowest BCUT2D eigenvalue weighted by atomic mass is 9.91. The zero-order valence-electron chi connectivity index (χ0n) is 14.6. The van der Waals surface area contributed by atoms with Gasteiger partial charge in [0, 0.05) is 12.8 Å². The first-order valence-electron chi connectivity index (χ1n) is 8.13. The van der Waals surface area contributed by atoms with Crippen molar-refractivity contribution in [3.05, 3.63) is 65.7 Å². The number of halogens is 3. The highest BCUT2D eigenvalue weighted by Crippen LogP contribution is 2.30. The Kier molecular flexibility index (Phi) is 6.26. The number of benzene rings is 2. The second kappa shape index (κ2) is 8.23. The highest BCUT2D eigenvalue weighted by Gasteiger charge is 2.31. The lowest BCUT2D eigenvalue weighted by Crippen LogP contribution is -2.43. The minimum absolute atomic E-state index is 0.219. The van der Waals surface area contributed by atoms with Crippen LogP contribution >= 0.6 is 0 Å². The number of carbonyl (C=O) groups is 1. The number of ether oxygens (including phenoxy) is 1. The van der Waals surface area contributed by atoms with E-state index in [1.54, 1.807) is 7.11 Å². The molecule has 2 aromatic carbocycles. The van der Waals surface area contributed by atoms with Gasteiger partial charge in [-0.25, -0.2) is 4.79 Å². The number of amides is 2.